The third-order valence-electron chi connectivity index (χ3n) is 2.02. The van der Waals surface area contributed by atoms with Gasteiger partial charge >= 0.3 is 0 Å². The Balaban J connectivity index is 2.94. The molecule has 1 aromatic rings. The van der Waals surface area contributed by atoms with E-state index >= 15 is 0 Å². The summed E-state index contributed by atoms with van der Waals surface area (Å²) in [5.41, 5.74) is 1.04. The Morgan fingerprint density at radius 2 is 2.12 bits per heavy atom. The first-order valence-corrected chi connectivity index (χ1v) is 4.60. The summed E-state index contributed by atoms with van der Waals surface area (Å²) >= 11 is 0. The zero-order valence-electron chi connectivity index (χ0n) is 8.97. The van der Waals surface area contributed by atoms with Crippen LogP contribution in [0, 0.1) is 39.7 Å². The van der Waals surface area contributed by atoms with Crippen LogP contribution in [0.25, 0.3) is 0 Å². The standard InChI is InChI=1S/C11H8N4O2/c1-8-4-10(2-3-11(8)15(16)17)14-7-9(5-12)6-13/h2-4,7,14H,1H3. The fraction of sp³-hybridized carbons (Fsp3) is 0.0909. The van der Waals surface area contributed by atoms with Crippen molar-refractivity contribution in [2.45, 2.75) is 6.92 Å². The lowest BCUT2D eigenvalue weighted by Crippen LogP contribution is -1.94. The Morgan fingerprint density at radius 3 is 2.59 bits per heavy atom. The lowest BCUT2D eigenvalue weighted by Gasteiger charge is -2.02. The molecule has 0 amide bonds. The highest BCUT2D eigenvalue weighted by Gasteiger charge is 2.09. The summed E-state index contributed by atoms with van der Waals surface area (Å²) in [6.07, 6.45) is 1.25. The highest BCUT2D eigenvalue weighted by Crippen LogP contribution is 2.21. The first-order valence-electron chi connectivity index (χ1n) is 4.60. The van der Waals surface area contributed by atoms with Crippen LogP contribution < -0.4 is 5.32 Å². The summed E-state index contributed by atoms with van der Waals surface area (Å²) in [7, 11) is 0. The minimum Gasteiger partial charge on any atom is -0.360 e. The molecular weight excluding hydrogens is 220 g/mol. The van der Waals surface area contributed by atoms with E-state index in [0.29, 0.717) is 11.3 Å². The number of nitro benzene ring substituents is 1. The maximum atomic E-state index is 10.6. The van der Waals surface area contributed by atoms with E-state index in [9.17, 15) is 10.1 Å². The van der Waals surface area contributed by atoms with Crippen LogP contribution in [0.4, 0.5) is 11.4 Å². The van der Waals surface area contributed by atoms with Crippen molar-refractivity contribution in [3.63, 3.8) is 0 Å². The third kappa shape index (κ3) is 3.05. The smallest absolute Gasteiger partial charge is 0.272 e. The van der Waals surface area contributed by atoms with Crippen LogP contribution in [-0.2, 0) is 0 Å². The molecule has 0 heterocycles. The average molecular weight is 228 g/mol. The van der Waals surface area contributed by atoms with E-state index in [-0.39, 0.29) is 11.3 Å². The molecule has 1 aromatic carbocycles. The Labute approximate surface area is 97.6 Å². The van der Waals surface area contributed by atoms with Gasteiger partial charge in [-0.25, -0.2) is 0 Å². The molecule has 0 fully saturated rings. The number of hydrogen-bond donors (Lipinski definition) is 1. The van der Waals surface area contributed by atoms with Crippen molar-refractivity contribution in [2.75, 3.05) is 5.32 Å². The summed E-state index contributed by atoms with van der Waals surface area (Å²) in [5.74, 6) is 0. The van der Waals surface area contributed by atoms with Gasteiger partial charge in [-0.15, -0.1) is 0 Å². The van der Waals surface area contributed by atoms with Crippen molar-refractivity contribution < 1.29 is 4.92 Å². The number of nitrogens with zero attached hydrogens (tertiary/aromatic N) is 3. The largest absolute Gasteiger partial charge is 0.360 e. The second-order valence-corrected chi connectivity index (χ2v) is 3.18. The molecule has 1 rings (SSSR count). The van der Waals surface area contributed by atoms with Crippen LogP contribution >= 0.6 is 0 Å². The number of nitrogens with one attached hydrogen (secondary N) is 1. The lowest BCUT2D eigenvalue weighted by atomic mass is 10.2. The Kier molecular flexibility index (Phi) is 3.80. The number of nitro groups is 1. The minimum atomic E-state index is -0.467. The third-order valence-corrected chi connectivity index (χ3v) is 2.02. The summed E-state index contributed by atoms with van der Waals surface area (Å²) in [6, 6.07) is 7.83. The van der Waals surface area contributed by atoms with Crippen molar-refractivity contribution in [3.05, 3.63) is 45.6 Å². The van der Waals surface area contributed by atoms with E-state index in [0.717, 1.165) is 0 Å². The normalized spacial score (nSPS) is 8.65. The van der Waals surface area contributed by atoms with Crippen molar-refractivity contribution in [1.29, 1.82) is 10.5 Å². The molecule has 0 spiro atoms. The van der Waals surface area contributed by atoms with E-state index < -0.39 is 4.92 Å². The van der Waals surface area contributed by atoms with Crippen LogP contribution in [0.3, 0.4) is 0 Å². The second kappa shape index (κ2) is 5.29. The summed E-state index contributed by atoms with van der Waals surface area (Å²) < 4.78 is 0. The zero-order chi connectivity index (χ0) is 12.8. The molecule has 0 aliphatic rings. The van der Waals surface area contributed by atoms with Crippen LogP contribution in [0.15, 0.2) is 30.0 Å². The van der Waals surface area contributed by atoms with Gasteiger partial charge in [-0.2, -0.15) is 10.5 Å². The van der Waals surface area contributed by atoms with Crippen LogP contribution in [0.5, 0.6) is 0 Å². The molecule has 0 unspecified atom stereocenters. The summed E-state index contributed by atoms with van der Waals surface area (Å²) in [6.45, 7) is 1.61. The number of allylic oxidation sites excluding steroid dienone is 1. The van der Waals surface area contributed by atoms with Gasteiger partial charge in [0, 0.05) is 23.5 Å². The molecule has 17 heavy (non-hydrogen) atoms. The summed E-state index contributed by atoms with van der Waals surface area (Å²) in [4.78, 5) is 10.1. The van der Waals surface area contributed by atoms with Gasteiger partial charge in [0.1, 0.15) is 17.7 Å². The predicted molar refractivity (Wildman–Crippen MR) is 60.8 cm³/mol. The Morgan fingerprint density at radius 1 is 1.47 bits per heavy atom. The van der Waals surface area contributed by atoms with Gasteiger partial charge in [0.2, 0.25) is 0 Å². The van der Waals surface area contributed by atoms with Crippen molar-refractivity contribution in [1.82, 2.24) is 0 Å². The fourth-order valence-electron chi connectivity index (χ4n) is 1.20. The van der Waals surface area contributed by atoms with Gasteiger partial charge in [-0.05, 0) is 19.1 Å². The lowest BCUT2D eigenvalue weighted by molar-refractivity contribution is -0.385. The van der Waals surface area contributed by atoms with Crippen LogP contribution in [-0.4, -0.2) is 4.92 Å². The van der Waals surface area contributed by atoms with Crippen molar-refractivity contribution in [3.8, 4) is 12.1 Å². The van der Waals surface area contributed by atoms with E-state index in [1.165, 1.54) is 18.3 Å². The minimum absolute atomic E-state index is 0.0281. The molecule has 1 N–H and O–H groups in total. The van der Waals surface area contributed by atoms with Gasteiger partial charge in [0.25, 0.3) is 5.69 Å². The molecule has 0 bridgehead atoms. The number of nitriles is 2. The van der Waals surface area contributed by atoms with Gasteiger partial charge in [0.15, 0.2) is 0 Å². The zero-order valence-corrected chi connectivity index (χ0v) is 8.97. The van der Waals surface area contributed by atoms with E-state index in [1.54, 1.807) is 25.1 Å². The number of benzene rings is 1. The van der Waals surface area contributed by atoms with E-state index in [1.807, 2.05) is 0 Å². The molecule has 0 aliphatic carbocycles. The number of hydrogen-bond acceptors (Lipinski definition) is 5. The molecule has 6 nitrogen and oxygen atoms in total. The SMILES string of the molecule is Cc1cc(NC=C(C#N)C#N)ccc1[N+](=O)[O-]. The van der Waals surface area contributed by atoms with Gasteiger partial charge in [-0.3, -0.25) is 10.1 Å². The second-order valence-electron chi connectivity index (χ2n) is 3.18. The van der Waals surface area contributed by atoms with Crippen LogP contribution in [0.1, 0.15) is 5.56 Å². The van der Waals surface area contributed by atoms with Gasteiger partial charge < -0.3 is 5.32 Å². The monoisotopic (exact) mass is 228 g/mol. The average Bonchev–Trinajstić information content (AvgIpc) is 2.30. The Hall–Kier alpha value is -2.86. The predicted octanol–water partition coefficient (Wildman–Crippen LogP) is 2.25. The Bertz CT molecular complexity index is 548. The molecular formula is C11H8N4O2. The molecule has 84 valence electrons. The molecule has 0 atom stereocenters. The maximum Gasteiger partial charge on any atom is 0.272 e. The quantitative estimate of drug-likeness (QED) is 0.485. The molecule has 0 saturated carbocycles. The summed E-state index contributed by atoms with van der Waals surface area (Å²) in [5, 5.41) is 30.3. The molecule has 0 saturated heterocycles. The highest BCUT2D eigenvalue weighted by molar-refractivity contribution is 5.56. The fourth-order valence-corrected chi connectivity index (χ4v) is 1.20. The topological polar surface area (TPSA) is 103 Å². The molecule has 6 heteroatoms. The highest BCUT2D eigenvalue weighted by atomic mass is 16.6. The van der Waals surface area contributed by atoms with E-state index in [2.05, 4.69) is 5.32 Å². The number of rotatable bonds is 3. The number of anilines is 1. The van der Waals surface area contributed by atoms with Gasteiger partial charge in [0.05, 0.1) is 4.92 Å². The van der Waals surface area contributed by atoms with Crippen LogP contribution in [0.2, 0.25) is 0 Å². The molecule has 0 aliphatic heterocycles. The van der Waals surface area contributed by atoms with Gasteiger partial charge in [-0.1, -0.05) is 0 Å². The number of aryl methyl sites for hydroxylation is 1. The maximum absolute atomic E-state index is 10.6. The van der Waals surface area contributed by atoms with E-state index in [4.69, 9.17) is 10.5 Å². The van der Waals surface area contributed by atoms with Crippen molar-refractivity contribution >= 4 is 11.4 Å². The molecule has 0 radical (unpaired) electrons. The first-order chi connectivity index (χ1) is 8.08. The first kappa shape index (κ1) is 12.2. The van der Waals surface area contributed by atoms with Crippen molar-refractivity contribution in [2.24, 2.45) is 0 Å². The molecule has 0 aromatic heterocycles.